The summed E-state index contributed by atoms with van der Waals surface area (Å²) < 4.78 is 0. The van der Waals surface area contributed by atoms with E-state index in [0.29, 0.717) is 5.56 Å². The summed E-state index contributed by atoms with van der Waals surface area (Å²) in [6.07, 6.45) is 4.90. The van der Waals surface area contributed by atoms with Gasteiger partial charge in [-0.1, -0.05) is 13.0 Å². The van der Waals surface area contributed by atoms with Gasteiger partial charge < -0.3 is 10.2 Å². The maximum atomic E-state index is 12.6. The van der Waals surface area contributed by atoms with Gasteiger partial charge in [0.1, 0.15) is 0 Å². The third-order valence-electron chi connectivity index (χ3n) is 5.16. The van der Waals surface area contributed by atoms with Crippen molar-refractivity contribution in [3.8, 4) is 0 Å². The first-order valence-corrected chi connectivity index (χ1v) is 10.9. The Bertz CT molecular complexity index is 942. The molecule has 0 aliphatic carbocycles. The highest BCUT2D eigenvalue weighted by Crippen LogP contribution is 2.26. The molecule has 4 nitrogen and oxygen atoms in total. The van der Waals surface area contributed by atoms with Gasteiger partial charge in [-0.2, -0.15) is 0 Å². The zero-order chi connectivity index (χ0) is 20.1. The summed E-state index contributed by atoms with van der Waals surface area (Å²) in [4.78, 5) is 20.2. The molecule has 0 spiro atoms. The topological polar surface area (TPSA) is 45.2 Å². The molecule has 0 bridgehead atoms. The van der Waals surface area contributed by atoms with Crippen LogP contribution in [0.2, 0.25) is 0 Å². The Labute approximate surface area is 176 Å². The first kappa shape index (κ1) is 19.5. The van der Waals surface area contributed by atoms with E-state index in [1.165, 1.54) is 17.7 Å². The highest BCUT2D eigenvalue weighted by atomic mass is 32.2. The number of pyridine rings is 1. The molecule has 1 saturated heterocycles. The minimum atomic E-state index is -0.0867. The largest absolute Gasteiger partial charge is 0.371 e. The van der Waals surface area contributed by atoms with Crippen LogP contribution in [0.15, 0.2) is 78.0 Å². The molecular formula is C24H25N3OS. The van der Waals surface area contributed by atoms with Gasteiger partial charge in [0.05, 0.1) is 0 Å². The summed E-state index contributed by atoms with van der Waals surface area (Å²) in [6, 6.07) is 19.9. The van der Waals surface area contributed by atoms with E-state index in [0.717, 1.165) is 35.3 Å². The molecule has 1 aliphatic rings. The first-order chi connectivity index (χ1) is 14.2. The summed E-state index contributed by atoms with van der Waals surface area (Å²) in [5, 5.41) is 2.99. The molecule has 1 unspecified atom stereocenters. The van der Waals surface area contributed by atoms with E-state index in [1.807, 2.05) is 48.7 Å². The third-order valence-corrected chi connectivity index (χ3v) is 6.24. The fourth-order valence-corrected chi connectivity index (χ4v) is 4.31. The lowest BCUT2D eigenvalue weighted by molar-refractivity contribution is 0.102. The van der Waals surface area contributed by atoms with Gasteiger partial charge in [0.2, 0.25) is 0 Å². The number of anilines is 2. The zero-order valence-corrected chi connectivity index (χ0v) is 17.4. The molecule has 1 N–H and O–H groups in total. The van der Waals surface area contributed by atoms with Gasteiger partial charge in [-0.05, 0) is 72.5 Å². The first-order valence-electron chi connectivity index (χ1n) is 9.95. The van der Waals surface area contributed by atoms with Crippen molar-refractivity contribution < 1.29 is 4.79 Å². The van der Waals surface area contributed by atoms with Crippen LogP contribution < -0.4 is 10.2 Å². The number of rotatable bonds is 6. The normalized spacial score (nSPS) is 16.0. The molecule has 1 aliphatic heterocycles. The number of amides is 1. The van der Waals surface area contributed by atoms with Crippen LogP contribution >= 0.6 is 11.8 Å². The van der Waals surface area contributed by atoms with Crippen molar-refractivity contribution in [2.24, 2.45) is 5.92 Å². The Kier molecular flexibility index (Phi) is 6.15. The lowest BCUT2D eigenvalue weighted by Gasteiger charge is -2.18. The number of nitrogens with one attached hydrogen (secondary N) is 1. The number of thioether (sulfide) groups is 1. The summed E-state index contributed by atoms with van der Waals surface area (Å²) >= 11 is 1.74. The molecule has 5 heteroatoms. The Hall–Kier alpha value is -2.79. The second-order valence-electron chi connectivity index (χ2n) is 7.52. The maximum Gasteiger partial charge on any atom is 0.255 e. The van der Waals surface area contributed by atoms with Gasteiger partial charge in [0.15, 0.2) is 0 Å². The summed E-state index contributed by atoms with van der Waals surface area (Å²) in [5.74, 6) is 1.53. The molecule has 1 aromatic heterocycles. The Balaban J connectivity index is 1.32. The lowest BCUT2D eigenvalue weighted by Crippen LogP contribution is -2.19. The molecule has 0 radical (unpaired) electrons. The standard InChI is InChI=1S/C24H25N3OS/c1-18-12-14-27(16-18)22-8-6-21(7-9-22)26-24(28)20-4-10-23(11-5-20)29-17-19-3-2-13-25-15-19/h2-11,13,15,18H,12,14,16-17H2,1H3,(H,26,28). The average Bonchev–Trinajstić information content (AvgIpc) is 3.20. The monoisotopic (exact) mass is 403 g/mol. The highest BCUT2D eigenvalue weighted by Gasteiger charge is 2.18. The molecule has 3 aromatic rings. The van der Waals surface area contributed by atoms with Gasteiger partial charge in [-0.15, -0.1) is 11.8 Å². The number of nitrogens with zero attached hydrogens (tertiary/aromatic N) is 2. The smallest absolute Gasteiger partial charge is 0.255 e. The molecule has 2 heterocycles. The summed E-state index contributed by atoms with van der Waals surface area (Å²) in [6.45, 7) is 4.51. The SMILES string of the molecule is CC1CCN(c2ccc(NC(=O)c3ccc(SCc4cccnc4)cc3)cc2)C1. The van der Waals surface area contributed by atoms with Crippen molar-refractivity contribution in [3.05, 3.63) is 84.2 Å². The third kappa shape index (κ3) is 5.18. The van der Waals surface area contributed by atoms with E-state index < -0.39 is 0 Å². The predicted molar refractivity (Wildman–Crippen MR) is 121 cm³/mol. The van der Waals surface area contributed by atoms with Crippen LogP contribution in [-0.2, 0) is 5.75 Å². The minimum Gasteiger partial charge on any atom is -0.371 e. The van der Waals surface area contributed by atoms with Gasteiger partial charge >= 0.3 is 0 Å². The highest BCUT2D eigenvalue weighted by molar-refractivity contribution is 7.98. The number of benzene rings is 2. The number of carbonyl (C=O) groups excluding carboxylic acids is 1. The quantitative estimate of drug-likeness (QED) is 0.554. The zero-order valence-electron chi connectivity index (χ0n) is 16.5. The molecule has 2 aromatic carbocycles. The van der Waals surface area contributed by atoms with E-state index in [2.05, 4.69) is 40.3 Å². The van der Waals surface area contributed by atoms with Crippen molar-refractivity contribution >= 4 is 29.0 Å². The Morgan fingerprint density at radius 3 is 2.59 bits per heavy atom. The number of hydrogen-bond acceptors (Lipinski definition) is 4. The summed E-state index contributed by atoms with van der Waals surface area (Å²) in [7, 11) is 0. The second-order valence-corrected chi connectivity index (χ2v) is 8.56. The molecule has 148 valence electrons. The lowest BCUT2D eigenvalue weighted by atomic mass is 10.2. The molecular weight excluding hydrogens is 378 g/mol. The molecule has 0 saturated carbocycles. The van der Waals surface area contributed by atoms with E-state index in [4.69, 9.17) is 0 Å². The minimum absolute atomic E-state index is 0.0867. The van der Waals surface area contributed by atoms with Crippen LogP contribution in [0, 0.1) is 5.92 Å². The van der Waals surface area contributed by atoms with Crippen LogP contribution in [0.1, 0.15) is 29.3 Å². The van der Waals surface area contributed by atoms with Crippen molar-refractivity contribution in [3.63, 3.8) is 0 Å². The fourth-order valence-electron chi connectivity index (χ4n) is 3.48. The van der Waals surface area contributed by atoms with Crippen molar-refractivity contribution in [2.45, 2.75) is 24.0 Å². The number of aromatic nitrogens is 1. The fraction of sp³-hybridized carbons (Fsp3) is 0.250. The van der Waals surface area contributed by atoms with Crippen LogP contribution in [0.3, 0.4) is 0 Å². The molecule has 29 heavy (non-hydrogen) atoms. The van der Waals surface area contributed by atoms with Gasteiger partial charge in [0, 0.05) is 53.1 Å². The van der Waals surface area contributed by atoms with Gasteiger partial charge in [-0.25, -0.2) is 0 Å². The van der Waals surface area contributed by atoms with Crippen LogP contribution in [0.4, 0.5) is 11.4 Å². The Morgan fingerprint density at radius 2 is 1.93 bits per heavy atom. The van der Waals surface area contributed by atoms with Crippen molar-refractivity contribution in [1.82, 2.24) is 4.98 Å². The maximum absolute atomic E-state index is 12.6. The van der Waals surface area contributed by atoms with E-state index >= 15 is 0 Å². The van der Waals surface area contributed by atoms with E-state index in [1.54, 1.807) is 18.0 Å². The van der Waals surface area contributed by atoms with E-state index in [9.17, 15) is 4.79 Å². The van der Waals surface area contributed by atoms with Crippen LogP contribution in [0.25, 0.3) is 0 Å². The Morgan fingerprint density at radius 1 is 1.14 bits per heavy atom. The summed E-state index contributed by atoms with van der Waals surface area (Å²) in [5.41, 5.74) is 3.89. The van der Waals surface area contributed by atoms with Gasteiger partial charge in [-0.3, -0.25) is 9.78 Å². The predicted octanol–water partition coefficient (Wildman–Crippen LogP) is 5.47. The number of hydrogen-bond donors (Lipinski definition) is 1. The van der Waals surface area contributed by atoms with Crippen molar-refractivity contribution in [2.75, 3.05) is 23.3 Å². The van der Waals surface area contributed by atoms with Crippen molar-refractivity contribution in [1.29, 1.82) is 0 Å². The van der Waals surface area contributed by atoms with Gasteiger partial charge in [0.25, 0.3) is 5.91 Å². The molecule has 1 atom stereocenters. The second kappa shape index (κ2) is 9.14. The van der Waals surface area contributed by atoms with E-state index in [-0.39, 0.29) is 5.91 Å². The number of carbonyl (C=O) groups is 1. The molecule has 4 rings (SSSR count). The average molecular weight is 404 g/mol. The molecule has 1 amide bonds. The van der Waals surface area contributed by atoms with Crippen LogP contribution in [0.5, 0.6) is 0 Å². The van der Waals surface area contributed by atoms with Crippen LogP contribution in [-0.4, -0.2) is 24.0 Å². The molecule has 1 fully saturated rings.